The third-order valence-electron chi connectivity index (χ3n) is 5.52. The van der Waals surface area contributed by atoms with E-state index in [0.717, 1.165) is 48.2 Å². The number of nitrogens with two attached hydrogens (primary N) is 1. The molecule has 1 fully saturated rings. The van der Waals surface area contributed by atoms with Crippen molar-refractivity contribution in [2.75, 3.05) is 23.2 Å². The second kappa shape index (κ2) is 8.99. The van der Waals surface area contributed by atoms with Crippen LogP contribution in [-0.2, 0) is 14.6 Å². The Kier molecular flexibility index (Phi) is 6.34. The summed E-state index contributed by atoms with van der Waals surface area (Å²) in [6.07, 6.45) is -5.10. The summed E-state index contributed by atoms with van der Waals surface area (Å²) in [6, 6.07) is 11.9. The van der Waals surface area contributed by atoms with E-state index >= 15 is 0 Å². The molecule has 1 aliphatic rings. The number of carbonyl (C=O) groups is 1. The first-order chi connectivity index (χ1) is 16.3. The summed E-state index contributed by atoms with van der Waals surface area (Å²) in [6.45, 7) is 0.750. The summed E-state index contributed by atoms with van der Waals surface area (Å²) < 4.78 is 72.5. The fourth-order valence-electron chi connectivity index (χ4n) is 3.67. The average molecular weight is 512 g/mol. The Morgan fingerprint density at radius 1 is 1.20 bits per heavy atom. The minimum absolute atomic E-state index is 0.214. The normalized spacial score (nSPS) is 15.1. The van der Waals surface area contributed by atoms with E-state index in [4.69, 9.17) is 10.5 Å². The maximum Gasteiger partial charge on any atom is 0.425 e. The molecule has 1 aliphatic carbocycles. The molecule has 12 heteroatoms. The lowest BCUT2D eigenvalue weighted by atomic mass is 10.1. The van der Waals surface area contributed by atoms with Gasteiger partial charge in [0.25, 0.3) is 0 Å². The molecule has 1 saturated carbocycles. The highest BCUT2D eigenvalue weighted by molar-refractivity contribution is 7.90. The molecule has 0 unspecified atom stereocenters. The van der Waals surface area contributed by atoms with Crippen molar-refractivity contribution in [1.82, 2.24) is 4.57 Å². The number of nitrogens with one attached hydrogen (secondary N) is 1. The van der Waals surface area contributed by atoms with Crippen LogP contribution in [0.15, 0.2) is 42.5 Å². The van der Waals surface area contributed by atoms with Gasteiger partial charge < -0.3 is 19.8 Å². The molecule has 0 spiro atoms. The Hall–Kier alpha value is -3.41. The predicted molar refractivity (Wildman–Crippen MR) is 126 cm³/mol. The lowest BCUT2D eigenvalue weighted by Gasteiger charge is -2.16. The summed E-state index contributed by atoms with van der Waals surface area (Å²) in [4.78, 5) is 11.8. The highest BCUT2D eigenvalue weighted by atomic mass is 32.2. The van der Waals surface area contributed by atoms with Crippen LogP contribution in [0.25, 0.3) is 22.2 Å². The van der Waals surface area contributed by atoms with Gasteiger partial charge in [-0.05, 0) is 44.0 Å². The van der Waals surface area contributed by atoms with Gasteiger partial charge >= 0.3 is 12.3 Å². The molecule has 0 aliphatic heterocycles. The number of aromatic nitrogens is 1. The van der Waals surface area contributed by atoms with Crippen molar-refractivity contribution < 1.29 is 35.9 Å². The van der Waals surface area contributed by atoms with Gasteiger partial charge in [0.15, 0.2) is 21.9 Å². The van der Waals surface area contributed by atoms with Crippen molar-refractivity contribution in [3.63, 3.8) is 0 Å². The van der Waals surface area contributed by atoms with Crippen LogP contribution in [0.1, 0.15) is 25.8 Å². The van der Waals surface area contributed by atoms with Crippen LogP contribution in [0.4, 0.5) is 29.3 Å². The Labute approximate surface area is 199 Å². The number of halogens is 3. The van der Waals surface area contributed by atoms with Crippen molar-refractivity contribution in [3.05, 3.63) is 42.5 Å². The van der Waals surface area contributed by atoms with Gasteiger partial charge in [-0.15, -0.1) is 0 Å². The summed E-state index contributed by atoms with van der Waals surface area (Å²) >= 11 is 0. The smallest absolute Gasteiger partial charge is 0.425 e. The molecule has 2 aromatic carbocycles. The van der Waals surface area contributed by atoms with Gasteiger partial charge in [-0.25, -0.2) is 13.2 Å². The standard InChI is InChI=1S/C23H24F3N3O5S/c1-13(23(24,25)26)34-22(30)28-15-5-3-14(4-6-15)21-20(27)18-10-9-17(33-12-35(2,31)32)11-19(18)29(21)16-7-8-16/h3-6,9-11,13,16H,7-8,12,27H2,1-2H3,(H,28,30)/t13-/m1/s1. The lowest BCUT2D eigenvalue weighted by Crippen LogP contribution is -2.32. The van der Waals surface area contributed by atoms with E-state index < -0.39 is 34.1 Å². The topological polar surface area (TPSA) is 113 Å². The second-order valence-electron chi connectivity index (χ2n) is 8.52. The number of amides is 1. The Bertz CT molecular complexity index is 1360. The number of hydrogen-bond donors (Lipinski definition) is 2. The monoisotopic (exact) mass is 511 g/mol. The zero-order valence-electron chi connectivity index (χ0n) is 18.9. The molecule has 8 nitrogen and oxygen atoms in total. The molecule has 0 radical (unpaired) electrons. The van der Waals surface area contributed by atoms with Gasteiger partial charge in [-0.3, -0.25) is 5.32 Å². The summed E-state index contributed by atoms with van der Waals surface area (Å²) in [7, 11) is -3.31. The minimum atomic E-state index is -4.65. The molecule has 1 aromatic heterocycles. The zero-order valence-corrected chi connectivity index (χ0v) is 19.7. The lowest BCUT2D eigenvalue weighted by molar-refractivity contribution is -0.196. The molecule has 1 heterocycles. The predicted octanol–water partition coefficient (Wildman–Crippen LogP) is 5.11. The number of sulfone groups is 1. The number of ether oxygens (including phenoxy) is 2. The highest BCUT2D eigenvalue weighted by Crippen LogP contribution is 2.46. The van der Waals surface area contributed by atoms with Crippen molar-refractivity contribution in [2.45, 2.75) is 38.1 Å². The quantitative estimate of drug-likeness (QED) is 0.456. The molecular formula is C23H24F3N3O5S. The molecule has 3 N–H and O–H groups in total. The number of fused-ring (bicyclic) bond motifs is 1. The number of benzene rings is 2. The first kappa shape index (κ1) is 24.7. The number of anilines is 2. The largest absolute Gasteiger partial charge is 0.478 e. The molecule has 188 valence electrons. The summed E-state index contributed by atoms with van der Waals surface area (Å²) in [5.74, 6) is -0.0380. The van der Waals surface area contributed by atoms with E-state index in [9.17, 15) is 26.4 Å². The maximum atomic E-state index is 12.6. The highest BCUT2D eigenvalue weighted by Gasteiger charge is 2.39. The third kappa shape index (κ3) is 5.64. The van der Waals surface area contributed by atoms with Crippen LogP contribution < -0.4 is 15.8 Å². The number of alkyl halides is 3. The van der Waals surface area contributed by atoms with Gasteiger partial charge in [-0.2, -0.15) is 13.2 Å². The van der Waals surface area contributed by atoms with E-state index in [2.05, 4.69) is 14.6 Å². The third-order valence-corrected chi connectivity index (χ3v) is 6.06. The fraction of sp³-hybridized carbons (Fsp3) is 0.348. The van der Waals surface area contributed by atoms with Crippen LogP contribution in [0.2, 0.25) is 0 Å². The number of nitrogens with zero attached hydrogens (tertiary/aromatic N) is 1. The van der Waals surface area contributed by atoms with Crippen molar-refractivity contribution in [1.29, 1.82) is 0 Å². The molecule has 35 heavy (non-hydrogen) atoms. The van der Waals surface area contributed by atoms with E-state index in [1.807, 2.05) is 0 Å². The number of carbonyl (C=O) groups excluding carboxylic acids is 1. The number of rotatable bonds is 7. The van der Waals surface area contributed by atoms with Gasteiger partial charge in [0.1, 0.15) is 5.75 Å². The van der Waals surface area contributed by atoms with Crippen LogP contribution in [0.3, 0.4) is 0 Å². The Morgan fingerprint density at radius 2 is 1.86 bits per heavy atom. The molecule has 0 bridgehead atoms. The van der Waals surface area contributed by atoms with E-state index in [1.165, 1.54) is 0 Å². The fourth-order valence-corrected chi connectivity index (χ4v) is 4.02. The van der Waals surface area contributed by atoms with Gasteiger partial charge in [0, 0.05) is 35.0 Å². The van der Waals surface area contributed by atoms with Gasteiger partial charge in [0.2, 0.25) is 0 Å². The van der Waals surface area contributed by atoms with Crippen molar-refractivity contribution in [2.24, 2.45) is 0 Å². The minimum Gasteiger partial charge on any atom is -0.478 e. The number of nitrogen functional groups attached to an aromatic ring is 1. The van der Waals surface area contributed by atoms with Crippen LogP contribution in [-0.4, -0.2) is 43.6 Å². The van der Waals surface area contributed by atoms with Crippen molar-refractivity contribution >= 4 is 38.2 Å². The SMILES string of the molecule is C[C@@H](OC(=O)Nc1ccc(-c2c(N)c3ccc(OCS(C)(=O)=O)cc3n2C2CC2)cc1)C(F)(F)F. The molecule has 4 rings (SSSR count). The van der Waals surface area contributed by atoms with Gasteiger partial charge in [0.05, 0.1) is 16.9 Å². The second-order valence-corrected chi connectivity index (χ2v) is 10.6. The molecule has 0 saturated heterocycles. The Balaban J connectivity index is 1.61. The van der Waals surface area contributed by atoms with Crippen LogP contribution in [0.5, 0.6) is 5.75 Å². The first-order valence-corrected chi connectivity index (χ1v) is 12.8. The molecule has 3 aromatic rings. The van der Waals surface area contributed by atoms with E-state index in [0.29, 0.717) is 11.4 Å². The number of hydrogen-bond acceptors (Lipinski definition) is 6. The van der Waals surface area contributed by atoms with E-state index in [-0.39, 0.29) is 11.7 Å². The summed E-state index contributed by atoms with van der Waals surface area (Å²) in [5, 5.41) is 3.07. The summed E-state index contributed by atoms with van der Waals surface area (Å²) in [5.41, 5.74) is 9.58. The molecule has 1 atom stereocenters. The maximum absolute atomic E-state index is 12.6. The van der Waals surface area contributed by atoms with Crippen LogP contribution >= 0.6 is 0 Å². The average Bonchev–Trinajstić information content (AvgIpc) is 3.56. The Morgan fingerprint density at radius 3 is 2.43 bits per heavy atom. The molecular weight excluding hydrogens is 487 g/mol. The van der Waals surface area contributed by atoms with E-state index in [1.54, 1.807) is 42.5 Å². The van der Waals surface area contributed by atoms with Crippen molar-refractivity contribution in [3.8, 4) is 17.0 Å². The zero-order chi connectivity index (χ0) is 25.5. The molecule has 1 amide bonds. The van der Waals surface area contributed by atoms with Crippen LogP contribution in [0, 0.1) is 0 Å². The van der Waals surface area contributed by atoms with Gasteiger partial charge in [-0.1, -0.05) is 12.1 Å². The first-order valence-electron chi connectivity index (χ1n) is 10.7.